The van der Waals surface area contributed by atoms with Crippen molar-refractivity contribution in [2.45, 2.75) is 32.6 Å². The number of anilines is 1. The number of ether oxygens (including phenoxy) is 1. The molecule has 0 amide bonds. The van der Waals surface area contributed by atoms with Crippen LogP contribution in [0.1, 0.15) is 32.2 Å². The molecule has 2 aromatic rings. The number of aromatic nitrogens is 2. The molecule has 0 atom stereocenters. The fourth-order valence-corrected chi connectivity index (χ4v) is 2.81. The van der Waals surface area contributed by atoms with E-state index < -0.39 is 5.41 Å². The Labute approximate surface area is 134 Å². The summed E-state index contributed by atoms with van der Waals surface area (Å²) in [7, 11) is 0. The zero-order chi connectivity index (χ0) is 16.0. The predicted molar refractivity (Wildman–Crippen MR) is 88.2 cm³/mol. The van der Waals surface area contributed by atoms with Crippen molar-refractivity contribution < 1.29 is 9.53 Å². The molecule has 0 aliphatic rings. The van der Waals surface area contributed by atoms with Crippen LogP contribution in [0, 0.1) is 0 Å². The van der Waals surface area contributed by atoms with Crippen molar-refractivity contribution in [2.75, 3.05) is 18.5 Å². The average Bonchev–Trinajstić information content (AvgIpc) is 2.98. The molecular weight excluding hydrogens is 298 g/mol. The number of nitrogens with zero attached hydrogens (tertiary/aromatic N) is 2. The van der Waals surface area contributed by atoms with Gasteiger partial charge in [0, 0.05) is 30.2 Å². The highest BCUT2D eigenvalue weighted by Crippen LogP contribution is 2.28. The summed E-state index contributed by atoms with van der Waals surface area (Å²) >= 11 is 1.50. The summed E-state index contributed by atoms with van der Waals surface area (Å²) in [5.41, 5.74) is 1.04. The largest absolute Gasteiger partial charge is 0.465 e. The van der Waals surface area contributed by atoms with Gasteiger partial charge >= 0.3 is 5.97 Å². The van der Waals surface area contributed by atoms with Crippen LogP contribution in [0.4, 0.5) is 5.13 Å². The van der Waals surface area contributed by atoms with Crippen LogP contribution in [0.15, 0.2) is 29.8 Å². The molecule has 0 spiro atoms. The van der Waals surface area contributed by atoms with Crippen LogP contribution in [0.5, 0.6) is 0 Å². The smallest absolute Gasteiger partial charge is 0.317 e. The molecule has 2 heterocycles. The van der Waals surface area contributed by atoms with Crippen LogP contribution in [0.25, 0.3) is 0 Å². The molecule has 118 valence electrons. The van der Waals surface area contributed by atoms with Gasteiger partial charge in [-0.15, -0.1) is 11.3 Å². The second-order valence-electron chi connectivity index (χ2n) is 5.38. The highest BCUT2D eigenvalue weighted by atomic mass is 32.1. The number of carbonyl (C=O) groups excluding carboxylic acids is 1. The average molecular weight is 319 g/mol. The van der Waals surface area contributed by atoms with Crippen LogP contribution in [0.3, 0.4) is 0 Å². The molecule has 6 heteroatoms. The van der Waals surface area contributed by atoms with Gasteiger partial charge in [0.25, 0.3) is 0 Å². The first-order valence-electron chi connectivity index (χ1n) is 7.31. The minimum Gasteiger partial charge on any atom is -0.465 e. The van der Waals surface area contributed by atoms with Gasteiger partial charge in [-0.1, -0.05) is 6.07 Å². The third-order valence-electron chi connectivity index (χ3n) is 3.31. The Hall–Kier alpha value is -1.95. The van der Waals surface area contributed by atoms with Gasteiger partial charge in [-0.3, -0.25) is 9.78 Å². The number of esters is 1. The maximum absolute atomic E-state index is 12.0. The maximum Gasteiger partial charge on any atom is 0.317 e. The van der Waals surface area contributed by atoms with E-state index in [1.165, 1.54) is 11.3 Å². The first-order chi connectivity index (χ1) is 10.5. The predicted octanol–water partition coefficient (Wildman–Crippen LogP) is 3.03. The Kier molecular flexibility index (Phi) is 5.49. The number of nitrogens with one attached hydrogen (secondary N) is 1. The van der Waals surface area contributed by atoms with E-state index in [1.54, 1.807) is 13.1 Å². The third-order valence-corrected chi connectivity index (χ3v) is 4.11. The summed E-state index contributed by atoms with van der Waals surface area (Å²) in [6.45, 7) is 6.60. The van der Waals surface area contributed by atoms with E-state index in [0.29, 0.717) is 6.61 Å². The van der Waals surface area contributed by atoms with Crippen molar-refractivity contribution in [1.29, 1.82) is 0 Å². The van der Waals surface area contributed by atoms with E-state index in [4.69, 9.17) is 4.74 Å². The van der Waals surface area contributed by atoms with Gasteiger partial charge < -0.3 is 10.1 Å². The summed E-state index contributed by atoms with van der Waals surface area (Å²) < 4.78 is 5.11. The Morgan fingerprint density at radius 2 is 2.23 bits per heavy atom. The molecule has 1 N–H and O–H groups in total. The van der Waals surface area contributed by atoms with Crippen molar-refractivity contribution in [1.82, 2.24) is 9.97 Å². The van der Waals surface area contributed by atoms with E-state index >= 15 is 0 Å². The number of rotatable bonds is 7. The highest BCUT2D eigenvalue weighted by Gasteiger charge is 2.33. The molecule has 0 fully saturated rings. The zero-order valence-corrected chi connectivity index (χ0v) is 13.9. The molecule has 2 aromatic heterocycles. The zero-order valence-electron chi connectivity index (χ0n) is 13.1. The van der Waals surface area contributed by atoms with Crippen molar-refractivity contribution in [3.8, 4) is 0 Å². The second-order valence-corrected chi connectivity index (χ2v) is 6.24. The van der Waals surface area contributed by atoms with Crippen molar-refractivity contribution in [2.24, 2.45) is 0 Å². The van der Waals surface area contributed by atoms with Crippen molar-refractivity contribution >= 4 is 22.4 Å². The summed E-state index contributed by atoms with van der Waals surface area (Å²) in [4.78, 5) is 20.8. The minimum absolute atomic E-state index is 0.250. The summed E-state index contributed by atoms with van der Waals surface area (Å²) in [5, 5.41) is 5.98. The van der Waals surface area contributed by atoms with Crippen LogP contribution in [-0.2, 0) is 21.4 Å². The first-order valence-corrected chi connectivity index (χ1v) is 8.19. The molecule has 0 aliphatic carbocycles. The van der Waals surface area contributed by atoms with Crippen LogP contribution in [0.2, 0.25) is 0 Å². The number of hydrogen-bond donors (Lipinski definition) is 1. The van der Waals surface area contributed by atoms with Gasteiger partial charge in [-0.2, -0.15) is 0 Å². The Bertz CT molecular complexity index is 611. The van der Waals surface area contributed by atoms with Gasteiger partial charge in [-0.25, -0.2) is 4.98 Å². The Balaban J connectivity index is 1.92. The monoisotopic (exact) mass is 319 g/mol. The molecule has 22 heavy (non-hydrogen) atoms. The van der Waals surface area contributed by atoms with Gasteiger partial charge in [0.1, 0.15) is 5.41 Å². The van der Waals surface area contributed by atoms with Gasteiger partial charge in [-0.05, 0) is 32.9 Å². The summed E-state index contributed by atoms with van der Waals surface area (Å²) in [5.74, 6) is -0.250. The molecule has 5 nitrogen and oxygen atoms in total. The minimum atomic E-state index is -0.729. The van der Waals surface area contributed by atoms with E-state index in [-0.39, 0.29) is 5.97 Å². The molecule has 0 radical (unpaired) electrons. The Morgan fingerprint density at radius 3 is 2.91 bits per heavy atom. The second kappa shape index (κ2) is 7.35. The van der Waals surface area contributed by atoms with Crippen molar-refractivity contribution in [3.05, 3.63) is 41.2 Å². The van der Waals surface area contributed by atoms with E-state index in [2.05, 4.69) is 15.3 Å². The molecule has 0 unspecified atom stereocenters. The van der Waals surface area contributed by atoms with Crippen LogP contribution >= 0.6 is 11.3 Å². The lowest BCUT2D eigenvalue weighted by atomic mass is 9.90. The lowest BCUT2D eigenvalue weighted by Gasteiger charge is -2.19. The van der Waals surface area contributed by atoms with Crippen molar-refractivity contribution in [3.63, 3.8) is 0 Å². The van der Waals surface area contributed by atoms with Gasteiger partial charge in [0.2, 0.25) is 0 Å². The van der Waals surface area contributed by atoms with E-state index in [9.17, 15) is 4.79 Å². The standard InChI is InChI=1S/C16H21N3O2S/c1-4-21-14(20)16(2,3)13-11-22-15(19-13)18-10-8-12-7-5-6-9-17-12/h5-7,9,11H,4,8,10H2,1-3H3,(H,18,19). The normalized spacial score (nSPS) is 11.2. The number of hydrogen-bond acceptors (Lipinski definition) is 6. The fraction of sp³-hybridized carbons (Fsp3) is 0.438. The lowest BCUT2D eigenvalue weighted by Crippen LogP contribution is -2.31. The molecule has 0 aliphatic heterocycles. The SMILES string of the molecule is CCOC(=O)C(C)(C)c1csc(NCCc2ccccn2)n1. The molecule has 2 rings (SSSR count). The summed E-state index contributed by atoms with van der Waals surface area (Å²) in [6.07, 6.45) is 2.62. The third kappa shape index (κ3) is 4.04. The molecule has 0 saturated heterocycles. The lowest BCUT2D eigenvalue weighted by molar-refractivity contribution is -0.148. The molecule has 0 saturated carbocycles. The van der Waals surface area contributed by atoms with Gasteiger partial charge in [0.05, 0.1) is 12.3 Å². The number of carbonyl (C=O) groups is 1. The van der Waals surface area contributed by atoms with Crippen LogP contribution < -0.4 is 5.32 Å². The molecule has 0 bridgehead atoms. The van der Waals surface area contributed by atoms with Gasteiger partial charge in [0.15, 0.2) is 5.13 Å². The quantitative estimate of drug-likeness (QED) is 0.795. The van der Waals surface area contributed by atoms with Crippen LogP contribution in [-0.4, -0.2) is 29.1 Å². The Morgan fingerprint density at radius 1 is 1.41 bits per heavy atom. The topological polar surface area (TPSA) is 64.1 Å². The molecular formula is C16H21N3O2S. The first kappa shape index (κ1) is 16.4. The molecule has 0 aromatic carbocycles. The maximum atomic E-state index is 12.0. The fourth-order valence-electron chi connectivity index (χ4n) is 1.90. The highest BCUT2D eigenvalue weighted by molar-refractivity contribution is 7.13. The number of pyridine rings is 1. The van der Waals surface area contributed by atoms with E-state index in [0.717, 1.165) is 29.5 Å². The van der Waals surface area contributed by atoms with E-state index in [1.807, 2.05) is 37.4 Å². The summed E-state index contributed by atoms with van der Waals surface area (Å²) in [6, 6.07) is 5.88. The number of thiazole rings is 1.